The third-order valence-corrected chi connectivity index (χ3v) is 5.12. The maximum atomic E-state index is 4.40. The summed E-state index contributed by atoms with van der Waals surface area (Å²) >= 11 is 0. The van der Waals surface area contributed by atoms with Gasteiger partial charge in [-0.25, -0.2) is 4.98 Å². The molecule has 0 bridgehead atoms. The van der Waals surface area contributed by atoms with E-state index in [2.05, 4.69) is 41.2 Å². The van der Waals surface area contributed by atoms with E-state index in [1.807, 2.05) is 0 Å². The van der Waals surface area contributed by atoms with Crippen LogP contribution < -0.4 is 5.32 Å². The van der Waals surface area contributed by atoms with E-state index < -0.39 is 0 Å². The lowest BCUT2D eigenvalue weighted by Gasteiger charge is -2.49. The van der Waals surface area contributed by atoms with Crippen LogP contribution in [-0.4, -0.2) is 21.6 Å². The first-order valence-electron chi connectivity index (χ1n) is 7.51. The average molecular weight is 247 g/mol. The summed E-state index contributed by atoms with van der Waals surface area (Å²) in [5, 5.41) is 3.75. The van der Waals surface area contributed by atoms with E-state index in [9.17, 15) is 0 Å². The summed E-state index contributed by atoms with van der Waals surface area (Å²) in [6, 6.07) is 0.665. The molecule has 3 rings (SSSR count). The quantitative estimate of drug-likeness (QED) is 0.888. The van der Waals surface area contributed by atoms with Crippen LogP contribution in [0.5, 0.6) is 0 Å². The predicted octanol–water partition coefficient (Wildman–Crippen LogP) is 3.24. The number of aromatic nitrogens is 2. The zero-order chi connectivity index (χ0) is 12.6. The molecule has 1 aromatic heterocycles. The number of piperidine rings is 1. The Morgan fingerprint density at radius 2 is 2.39 bits per heavy atom. The Labute approximate surface area is 110 Å². The van der Waals surface area contributed by atoms with Crippen molar-refractivity contribution in [3.05, 3.63) is 18.2 Å². The summed E-state index contributed by atoms with van der Waals surface area (Å²) < 4.78 is 2.47. The second-order valence-electron chi connectivity index (χ2n) is 6.24. The summed E-state index contributed by atoms with van der Waals surface area (Å²) in [7, 11) is 0. The average Bonchev–Trinajstić information content (AvgIpc) is 2.85. The van der Waals surface area contributed by atoms with Crippen molar-refractivity contribution in [2.75, 3.05) is 6.54 Å². The van der Waals surface area contributed by atoms with E-state index in [1.165, 1.54) is 50.8 Å². The lowest BCUT2D eigenvalue weighted by atomic mass is 9.70. The maximum Gasteiger partial charge on any atom is 0.0950 e. The molecule has 3 heteroatoms. The Kier molecular flexibility index (Phi) is 3.18. The first-order chi connectivity index (χ1) is 8.74. The highest BCUT2D eigenvalue weighted by Gasteiger charge is 2.41. The Morgan fingerprint density at radius 1 is 1.56 bits per heavy atom. The summed E-state index contributed by atoms with van der Waals surface area (Å²) in [5.41, 5.74) is 1.90. The molecular formula is C15H25N3. The zero-order valence-corrected chi connectivity index (χ0v) is 11.7. The SMILES string of the molecule is CCC(C)c1cncn1C1CCNC2(CCC2)C1. The molecule has 3 nitrogen and oxygen atoms in total. The number of hydrogen-bond donors (Lipinski definition) is 1. The minimum absolute atomic E-state index is 0.472. The molecule has 1 aliphatic heterocycles. The van der Waals surface area contributed by atoms with Crippen LogP contribution in [0.15, 0.2) is 12.5 Å². The van der Waals surface area contributed by atoms with Crippen LogP contribution in [0.4, 0.5) is 0 Å². The molecule has 0 radical (unpaired) electrons. The number of nitrogens with zero attached hydrogens (tertiary/aromatic N) is 2. The van der Waals surface area contributed by atoms with Crippen molar-refractivity contribution >= 4 is 0 Å². The zero-order valence-electron chi connectivity index (χ0n) is 11.7. The molecule has 1 aromatic rings. The highest BCUT2D eigenvalue weighted by atomic mass is 15.1. The van der Waals surface area contributed by atoms with Gasteiger partial charge in [0.1, 0.15) is 0 Å². The van der Waals surface area contributed by atoms with Gasteiger partial charge in [-0.3, -0.25) is 0 Å². The van der Waals surface area contributed by atoms with E-state index in [-0.39, 0.29) is 0 Å². The van der Waals surface area contributed by atoms with Gasteiger partial charge in [0.15, 0.2) is 0 Å². The van der Waals surface area contributed by atoms with Crippen molar-refractivity contribution in [1.82, 2.24) is 14.9 Å². The number of imidazole rings is 1. The van der Waals surface area contributed by atoms with Gasteiger partial charge in [0, 0.05) is 23.5 Å². The highest BCUT2D eigenvalue weighted by Crippen LogP contribution is 2.42. The topological polar surface area (TPSA) is 29.9 Å². The molecule has 1 saturated heterocycles. The Hall–Kier alpha value is -0.830. The minimum Gasteiger partial charge on any atom is -0.331 e. The summed E-state index contributed by atoms with van der Waals surface area (Å²) in [6.45, 7) is 5.74. The molecule has 1 N–H and O–H groups in total. The fourth-order valence-electron chi connectivity index (χ4n) is 3.56. The number of hydrogen-bond acceptors (Lipinski definition) is 2. The fourth-order valence-corrected chi connectivity index (χ4v) is 3.56. The molecule has 0 amide bonds. The van der Waals surface area contributed by atoms with E-state index in [0.29, 0.717) is 17.5 Å². The van der Waals surface area contributed by atoms with Crippen LogP contribution in [0.2, 0.25) is 0 Å². The van der Waals surface area contributed by atoms with E-state index >= 15 is 0 Å². The lowest BCUT2D eigenvalue weighted by molar-refractivity contribution is 0.108. The standard InChI is InChI=1S/C15H25N3/c1-3-12(2)14-10-16-11-18(14)13-5-8-17-15(9-13)6-4-7-15/h10-13,17H,3-9H2,1-2H3. The first-order valence-corrected chi connectivity index (χ1v) is 7.51. The van der Waals surface area contributed by atoms with Gasteiger partial charge in [-0.2, -0.15) is 0 Å². The van der Waals surface area contributed by atoms with Crippen LogP contribution in [0.25, 0.3) is 0 Å². The van der Waals surface area contributed by atoms with Gasteiger partial charge in [-0.05, 0) is 51.0 Å². The highest BCUT2D eigenvalue weighted by molar-refractivity contribution is 5.09. The molecule has 1 spiro atoms. The second-order valence-corrected chi connectivity index (χ2v) is 6.24. The molecule has 1 saturated carbocycles. The van der Waals surface area contributed by atoms with Crippen LogP contribution >= 0.6 is 0 Å². The molecule has 2 heterocycles. The first kappa shape index (κ1) is 12.2. The Balaban J connectivity index is 1.79. The molecule has 0 aromatic carbocycles. The van der Waals surface area contributed by atoms with Gasteiger partial charge in [-0.15, -0.1) is 0 Å². The Bertz CT molecular complexity index is 406. The van der Waals surface area contributed by atoms with Gasteiger partial charge in [0.2, 0.25) is 0 Å². The van der Waals surface area contributed by atoms with Gasteiger partial charge < -0.3 is 9.88 Å². The van der Waals surface area contributed by atoms with Crippen molar-refractivity contribution in [2.24, 2.45) is 0 Å². The maximum absolute atomic E-state index is 4.40. The molecular weight excluding hydrogens is 222 g/mol. The van der Waals surface area contributed by atoms with Gasteiger partial charge in [0.25, 0.3) is 0 Å². The van der Waals surface area contributed by atoms with Gasteiger partial charge >= 0.3 is 0 Å². The van der Waals surface area contributed by atoms with E-state index in [1.54, 1.807) is 0 Å². The van der Waals surface area contributed by atoms with Crippen LogP contribution in [0, 0.1) is 0 Å². The molecule has 2 unspecified atom stereocenters. The number of rotatable bonds is 3. The largest absolute Gasteiger partial charge is 0.331 e. The minimum atomic E-state index is 0.472. The monoisotopic (exact) mass is 247 g/mol. The third kappa shape index (κ3) is 1.99. The van der Waals surface area contributed by atoms with Crippen molar-refractivity contribution in [1.29, 1.82) is 0 Å². The van der Waals surface area contributed by atoms with Crippen LogP contribution in [0.1, 0.15) is 70.0 Å². The van der Waals surface area contributed by atoms with Crippen molar-refractivity contribution in [2.45, 2.75) is 69.9 Å². The van der Waals surface area contributed by atoms with E-state index in [0.717, 1.165) is 0 Å². The summed E-state index contributed by atoms with van der Waals surface area (Å²) in [4.78, 5) is 4.40. The number of nitrogens with one attached hydrogen (secondary N) is 1. The van der Waals surface area contributed by atoms with E-state index in [4.69, 9.17) is 0 Å². The summed E-state index contributed by atoms with van der Waals surface area (Å²) in [6.07, 6.45) is 12.0. The van der Waals surface area contributed by atoms with Crippen LogP contribution in [-0.2, 0) is 0 Å². The van der Waals surface area contributed by atoms with Crippen molar-refractivity contribution < 1.29 is 0 Å². The molecule has 2 atom stereocenters. The van der Waals surface area contributed by atoms with Gasteiger partial charge in [0.05, 0.1) is 6.33 Å². The fraction of sp³-hybridized carbons (Fsp3) is 0.800. The third-order valence-electron chi connectivity index (χ3n) is 5.12. The van der Waals surface area contributed by atoms with Gasteiger partial charge in [-0.1, -0.05) is 13.8 Å². The second kappa shape index (κ2) is 4.69. The smallest absolute Gasteiger partial charge is 0.0950 e. The normalized spacial score (nSPS) is 28.0. The predicted molar refractivity (Wildman–Crippen MR) is 73.8 cm³/mol. The molecule has 2 aliphatic rings. The molecule has 1 aliphatic carbocycles. The van der Waals surface area contributed by atoms with Crippen molar-refractivity contribution in [3.63, 3.8) is 0 Å². The summed E-state index contributed by atoms with van der Waals surface area (Å²) in [5.74, 6) is 0.625. The molecule has 2 fully saturated rings. The van der Waals surface area contributed by atoms with Crippen LogP contribution in [0.3, 0.4) is 0 Å². The Morgan fingerprint density at radius 3 is 3.06 bits per heavy atom. The lowest BCUT2D eigenvalue weighted by Crippen LogP contribution is -2.55. The molecule has 100 valence electrons. The molecule has 18 heavy (non-hydrogen) atoms. The van der Waals surface area contributed by atoms with Crippen molar-refractivity contribution in [3.8, 4) is 0 Å².